The van der Waals surface area contributed by atoms with Gasteiger partial charge in [0, 0.05) is 0 Å². The zero-order chi connectivity index (χ0) is 14.2. The lowest BCUT2D eigenvalue weighted by atomic mass is 9.85. The Morgan fingerprint density at radius 3 is 2.30 bits per heavy atom. The lowest BCUT2D eigenvalue weighted by molar-refractivity contribution is 0.591. The molecule has 3 rings (SSSR count). The number of allylic oxidation sites excluding steroid dienone is 2. The lowest BCUT2D eigenvalue weighted by Crippen LogP contribution is -2.10. The molecule has 0 heterocycles. The van der Waals surface area contributed by atoms with Crippen LogP contribution in [0.4, 0.5) is 0 Å². The molecule has 0 atom stereocenters. The summed E-state index contributed by atoms with van der Waals surface area (Å²) < 4.78 is 0. The Balaban J connectivity index is 2.02. The highest BCUT2D eigenvalue weighted by Gasteiger charge is 2.14. The van der Waals surface area contributed by atoms with E-state index in [1.807, 2.05) is 0 Å². The van der Waals surface area contributed by atoms with E-state index in [-0.39, 0.29) is 5.41 Å². The van der Waals surface area contributed by atoms with Crippen LogP contribution in [0, 0.1) is 0 Å². The van der Waals surface area contributed by atoms with Crippen LogP contribution >= 0.6 is 0 Å². The first-order valence-electron chi connectivity index (χ1n) is 7.78. The standard InChI is InChI=1S/C20H24/c1-20(2,3)19-12-11-17-13-16(9-10-18(17)14-19)15-7-5-4-6-8-15/h7,9-14H,4-6,8H2,1-3H3. The molecule has 0 heteroatoms. The van der Waals surface area contributed by atoms with Crippen LogP contribution in [0.5, 0.6) is 0 Å². The normalized spacial score (nSPS) is 16.2. The summed E-state index contributed by atoms with van der Waals surface area (Å²) in [5.74, 6) is 0. The third-order valence-electron chi connectivity index (χ3n) is 4.37. The monoisotopic (exact) mass is 264 g/mol. The Morgan fingerprint density at radius 2 is 1.60 bits per heavy atom. The molecule has 0 aliphatic heterocycles. The Labute approximate surface area is 122 Å². The SMILES string of the molecule is CC(C)(C)c1ccc2cc(C3=CCCCC3)ccc2c1. The van der Waals surface area contributed by atoms with Crippen LogP contribution in [0.25, 0.3) is 16.3 Å². The van der Waals surface area contributed by atoms with E-state index >= 15 is 0 Å². The van der Waals surface area contributed by atoms with Crippen molar-refractivity contribution in [1.29, 1.82) is 0 Å². The first-order chi connectivity index (χ1) is 9.54. The van der Waals surface area contributed by atoms with Crippen LogP contribution in [0.2, 0.25) is 0 Å². The van der Waals surface area contributed by atoms with Crippen molar-refractivity contribution in [3.63, 3.8) is 0 Å². The zero-order valence-corrected chi connectivity index (χ0v) is 12.9. The maximum atomic E-state index is 2.42. The average molecular weight is 264 g/mol. The van der Waals surface area contributed by atoms with Crippen LogP contribution in [-0.2, 0) is 5.41 Å². The molecule has 20 heavy (non-hydrogen) atoms. The molecule has 1 aliphatic carbocycles. The summed E-state index contributed by atoms with van der Waals surface area (Å²) in [7, 11) is 0. The molecule has 1 aliphatic rings. The first-order valence-corrected chi connectivity index (χ1v) is 7.78. The topological polar surface area (TPSA) is 0 Å². The van der Waals surface area contributed by atoms with Crippen molar-refractivity contribution < 1.29 is 0 Å². The zero-order valence-electron chi connectivity index (χ0n) is 12.9. The maximum Gasteiger partial charge on any atom is -0.0132 e. The number of benzene rings is 2. The second-order valence-electron chi connectivity index (χ2n) is 7.00. The van der Waals surface area contributed by atoms with E-state index < -0.39 is 0 Å². The van der Waals surface area contributed by atoms with Crippen LogP contribution in [-0.4, -0.2) is 0 Å². The van der Waals surface area contributed by atoms with Gasteiger partial charge in [-0.3, -0.25) is 0 Å². The Hall–Kier alpha value is -1.56. The van der Waals surface area contributed by atoms with E-state index in [9.17, 15) is 0 Å². The minimum atomic E-state index is 0.221. The molecule has 0 radical (unpaired) electrons. The van der Waals surface area contributed by atoms with Gasteiger partial charge in [-0.05, 0) is 64.6 Å². The van der Waals surface area contributed by atoms with E-state index in [4.69, 9.17) is 0 Å². The highest BCUT2D eigenvalue weighted by molar-refractivity contribution is 5.87. The third-order valence-corrected chi connectivity index (χ3v) is 4.37. The van der Waals surface area contributed by atoms with Gasteiger partial charge in [0.25, 0.3) is 0 Å². The molecule has 0 bridgehead atoms. The summed E-state index contributed by atoms with van der Waals surface area (Å²) in [4.78, 5) is 0. The van der Waals surface area contributed by atoms with Gasteiger partial charge in [-0.2, -0.15) is 0 Å². The predicted octanol–water partition coefficient (Wildman–Crippen LogP) is 6.09. The number of fused-ring (bicyclic) bond motifs is 1. The fourth-order valence-electron chi connectivity index (χ4n) is 3.01. The molecule has 0 spiro atoms. The Bertz CT molecular complexity index is 653. The van der Waals surface area contributed by atoms with Crippen LogP contribution in [0.15, 0.2) is 42.5 Å². The van der Waals surface area contributed by atoms with E-state index in [1.54, 1.807) is 0 Å². The molecular weight excluding hydrogens is 240 g/mol. The molecule has 0 unspecified atom stereocenters. The summed E-state index contributed by atoms with van der Waals surface area (Å²) in [6.45, 7) is 6.82. The molecular formula is C20H24. The van der Waals surface area contributed by atoms with E-state index in [0.29, 0.717) is 0 Å². The van der Waals surface area contributed by atoms with Crippen molar-refractivity contribution >= 4 is 16.3 Å². The summed E-state index contributed by atoms with van der Waals surface area (Å²) >= 11 is 0. The first kappa shape index (κ1) is 13.4. The van der Waals surface area contributed by atoms with Gasteiger partial charge in [0.2, 0.25) is 0 Å². The van der Waals surface area contributed by atoms with Gasteiger partial charge in [0.05, 0.1) is 0 Å². The summed E-state index contributed by atoms with van der Waals surface area (Å²) in [6, 6.07) is 13.8. The van der Waals surface area contributed by atoms with Gasteiger partial charge in [0.15, 0.2) is 0 Å². The fraction of sp³-hybridized carbons (Fsp3) is 0.400. The molecule has 0 saturated carbocycles. The van der Waals surface area contributed by atoms with E-state index in [0.717, 1.165) is 0 Å². The molecule has 2 aromatic rings. The highest BCUT2D eigenvalue weighted by atomic mass is 14.2. The molecule has 2 aromatic carbocycles. The molecule has 0 fully saturated rings. The molecule has 0 saturated heterocycles. The molecule has 104 valence electrons. The van der Waals surface area contributed by atoms with E-state index in [1.165, 1.54) is 53.2 Å². The summed E-state index contributed by atoms with van der Waals surface area (Å²) in [6.07, 6.45) is 7.61. The second-order valence-corrected chi connectivity index (χ2v) is 7.00. The fourth-order valence-corrected chi connectivity index (χ4v) is 3.01. The highest BCUT2D eigenvalue weighted by Crippen LogP contribution is 2.31. The van der Waals surface area contributed by atoms with Crippen molar-refractivity contribution in [3.8, 4) is 0 Å². The van der Waals surface area contributed by atoms with Crippen molar-refractivity contribution in [2.45, 2.75) is 51.9 Å². The van der Waals surface area contributed by atoms with Gasteiger partial charge in [0.1, 0.15) is 0 Å². The largest absolute Gasteiger partial charge is 0.0807 e. The van der Waals surface area contributed by atoms with Crippen molar-refractivity contribution in [2.75, 3.05) is 0 Å². The van der Waals surface area contributed by atoms with Gasteiger partial charge in [-0.1, -0.05) is 57.2 Å². The number of rotatable bonds is 1. The van der Waals surface area contributed by atoms with Gasteiger partial charge in [-0.15, -0.1) is 0 Å². The van der Waals surface area contributed by atoms with Crippen LogP contribution < -0.4 is 0 Å². The Morgan fingerprint density at radius 1 is 0.850 bits per heavy atom. The number of hydrogen-bond donors (Lipinski definition) is 0. The third kappa shape index (κ3) is 2.65. The minimum absolute atomic E-state index is 0.221. The quantitative estimate of drug-likeness (QED) is 0.584. The minimum Gasteiger partial charge on any atom is -0.0807 e. The van der Waals surface area contributed by atoms with E-state index in [2.05, 4.69) is 63.2 Å². The molecule has 0 amide bonds. The van der Waals surface area contributed by atoms with Crippen LogP contribution in [0.3, 0.4) is 0 Å². The van der Waals surface area contributed by atoms with Gasteiger partial charge >= 0.3 is 0 Å². The Kier molecular flexibility index (Phi) is 3.41. The molecule has 0 N–H and O–H groups in total. The molecule has 0 aromatic heterocycles. The molecule has 0 nitrogen and oxygen atoms in total. The maximum absolute atomic E-state index is 2.42. The van der Waals surface area contributed by atoms with Gasteiger partial charge < -0.3 is 0 Å². The van der Waals surface area contributed by atoms with Crippen molar-refractivity contribution in [2.24, 2.45) is 0 Å². The van der Waals surface area contributed by atoms with Crippen molar-refractivity contribution in [3.05, 3.63) is 53.6 Å². The predicted molar refractivity (Wildman–Crippen MR) is 89.1 cm³/mol. The van der Waals surface area contributed by atoms with Crippen molar-refractivity contribution in [1.82, 2.24) is 0 Å². The van der Waals surface area contributed by atoms with Crippen LogP contribution in [0.1, 0.15) is 57.6 Å². The lowest BCUT2D eigenvalue weighted by Gasteiger charge is -2.20. The summed E-state index contributed by atoms with van der Waals surface area (Å²) in [5, 5.41) is 2.72. The smallest absolute Gasteiger partial charge is 0.0132 e. The van der Waals surface area contributed by atoms with Gasteiger partial charge in [-0.25, -0.2) is 0 Å². The number of hydrogen-bond acceptors (Lipinski definition) is 0. The second kappa shape index (κ2) is 5.09. The average Bonchev–Trinajstić information content (AvgIpc) is 2.46. The summed E-state index contributed by atoms with van der Waals surface area (Å²) in [5.41, 5.74) is 4.59.